The Morgan fingerprint density at radius 1 is 1.43 bits per heavy atom. The molecular weight excluding hydrogens is 242 g/mol. The molecule has 1 aromatic heterocycles. The van der Waals surface area contributed by atoms with E-state index in [1.54, 1.807) is 4.68 Å². The molecule has 0 spiro atoms. The minimum Gasteiger partial charge on any atom is -0.255 e. The lowest BCUT2D eigenvalue weighted by atomic mass is 9.80. The first-order chi connectivity index (χ1) is 6.65. The quantitative estimate of drug-likeness (QED) is 0.762. The third-order valence-corrected chi connectivity index (χ3v) is 4.18. The molecule has 0 unspecified atom stereocenters. The molecule has 0 saturated carbocycles. The van der Waals surface area contributed by atoms with Crippen LogP contribution in [0.25, 0.3) is 0 Å². The molecule has 1 rings (SSSR count). The van der Waals surface area contributed by atoms with Crippen LogP contribution in [0.15, 0.2) is 6.20 Å². The zero-order valence-corrected chi connectivity index (χ0v) is 10.7. The third kappa shape index (κ3) is 2.56. The highest BCUT2D eigenvalue weighted by molar-refractivity contribution is 9.09. The number of aromatic nitrogens is 3. The van der Waals surface area contributed by atoms with Crippen molar-refractivity contribution < 1.29 is 0 Å². The number of halogens is 1. The first-order valence-electron chi connectivity index (χ1n) is 5.07. The van der Waals surface area contributed by atoms with E-state index in [1.165, 1.54) is 12.8 Å². The van der Waals surface area contributed by atoms with E-state index in [0.29, 0.717) is 5.41 Å². The molecule has 0 aromatic carbocycles. The Morgan fingerprint density at radius 2 is 2.07 bits per heavy atom. The van der Waals surface area contributed by atoms with Gasteiger partial charge in [-0.05, 0) is 24.7 Å². The Bertz CT molecular complexity index is 270. The Hall–Kier alpha value is -0.380. The maximum absolute atomic E-state index is 4.14. The van der Waals surface area contributed by atoms with Crippen LogP contribution < -0.4 is 0 Å². The summed E-state index contributed by atoms with van der Waals surface area (Å²) in [6.07, 6.45) is 5.36. The van der Waals surface area contributed by atoms with Crippen molar-refractivity contribution in [2.75, 3.05) is 5.33 Å². The van der Waals surface area contributed by atoms with Gasteiger partial charge < -0.3 is 0 Å². The molecule has 1 aromatic rings. The zero-order chi connectivity index (χ0) is 10.6. The van der Waals surface area contributed by atoms with Crippen molar-refractivity contribution in [1.82, 2.24) is 15.0 Å². The van der Waals surface area contributed by atoms with Crippen LogP contribution in [0, 0.1) is 5.41 Å². The Labute approximate surface area is 94.0 Å². The topological polar surface area (TPSA) is 30.7 Å². The summed E-state index contributed by atoms with van der Waals surface area (Å²) >= 11 is 3.60. The summed E-state index contributed by atoms with van der Waals surface area (Å²) in [6.45, 7) is 4.47. The van der Waals surface area contributed by atoms with Crippen LogP contribution in [-0.4, -0.2) is 20.3 Å². The smallest absolute Gasteiger partial charge is 0.0832 e. The number of rotatable bonds is 5. The van der Waals surface area contributed by atoms with Gasteiger partial charge in [-0.25, -0.2) is 0 Å². The van der Waals surface area contributed by atoms with Gasteiger partial charge in [-0.3, -0.25) is 4.68 Å². The van der Waals surface area contributed by atoms with Gasteiger partial charge in [0.15, 0.2) is 0 Å². The fourth-order valence-corrected chi connectivity index (χ4v) is 2.59. The van der Waals surface area contributed by atoms with Crippen LogP contribution in [0.1, 0.15) is 32.4 Å². The van der Waals surface area contributed by atoms with E-state index >= 15 is 0 Å². The van der Waals surface area contributed by atoms with Gasteiger partial charge in [0, 0.05) is 18.6 Å². The molecule has 1 heterocycles. The maximum Gasteiger partial charge on any atom is 0.0832 e. The highest BCUT2D eigenvalue weighted by atomic mass is 79.9. The standard InChI is InChI=1S/C10H18BrN3/c1-4-10(5-2,8-11)6-9-7-14(3)13-12-9/h7H,4-6,8H2,1-3H3. The molecule has 80 valence electrons. The van der Waals surface area contributed by atoms with E-state index in [-0.39, 0.29) is 0 Å². The summed E-state index contributed by atoms with van der Waals surface area (Å²) < 4.78 is 1.76. The van der Waals surface area contributed by atoms with Crippen LogP contribution in [0.5, 0.6) is 0 Å². The lowest BCUT2D eigenvalue weighted by Gasteiger charge is -2.28. The molecule has 0 radical (unpaired) electrons. The van der Waals surface area contributed by atoms with E-state index < -0.39 is 0 Å². The van der Waals surface area contributed by atoms with Crippen molar-refractivity contribution in [3.05, 3.63) is 11.9 Å². The molecule has 0 bridgehead atoms. The van der Waals surface area contributed by atoms with Crippen molar-refractivity contribution in [1.29, 1.82) is 0 Å². The second kappa shape index (κ2) is 4.91. The van der Waals surface area contributed by atoms with Gasteiger partial charge in [-0.2, -0.15) is 0 Å². The van der Waals surface area contributed by atoms with Gasteiger partial charge in [0.1, 0.15) is 0 Å². The van der Waals surface area contributed by atoms with Crippen molar-refractivity contribution in [3.8, 4) is 0 Å². The summed E-state index contributed by atoms with van der Waals surface area (Å²) in [5.41, 5.74) is 1.44. The van der Waals surface area contributed by atoms with Gasteiger partial charge in [-0.1, -0.05) is 35.0 Å². The molecule has 0 amide bonds. The molecule has 3 nitrogen and oxygen atoms in total. The predicted octanol–water partition coefficient (Wildman–Crippen LogP) is 2.56. The SMILES string of the molecule is CCC(CC)(CBr)Cc1cn(C)nn1. The van der Waals surface area contributed by atoms with Crippen LogP contribution in [0.3, 0.4) is 0 Å². The first kappa shape index (κ1) is 11.7. The number of nitrogens with zero attached hydrogens (tertiary/aromatic N) is 3. The van der Waals surface area contributed by atoms with Crippen LogP contribution in [-0.2, 0) is 13.5 Å². The summed E-state index contributed by atoms with van der Waals surface area (Å²) in [5.74, 6) is 0. The maximum atomic E-state index is 4.14. The Kier molecular flexibility index (Phi) is 4.11. The average molecular weight is 260 g/mol. The largest absolute Gasteiger partial charge is 0.255 e. The molecule has 14 heavy (non-hydrogen) atoms. The van der Waals surface area contributed by atoms with E-state index in [9.17, 15) is 0 Å². The summed E-state index contributed by atoms with van der Waals surface area (Å²) in [4.78, 5) is 0. The third-order valence-electron chi connectivity index (χ3n) is 2.99. The molecule has 0 aliphatic rings. The highest BCUT2D eigenvalue weighted by Gasteiger charge is 2.26. The lowest BCUT2D eigenvalue weighted by molar-refractivity contribution is 0.304. The van der Waals surface area contributed by atoms with Gasteiger partial charge in [0.2, 0.25) is 0 Å². The molecule has 0 atom stereocenters. The molecule has 0 fully saturated rings. The monoisotopic (exact) mass is 259 g/mol. The normalized spacial score (nSPS) is 12.0. The number of hydrogen-bond acceptors (Lipinski definition) is 2. The lowest BCUT2D eigenvalue weighted by Crippen LogP contribution is -2.24. The summed E-state index contributed by atoms with van der Waals surface area (Å²) in [6, 6.07) is 0. The number of alkyl halides is 1. The molecule has 4 heteroatoms. The van der Waals surface area contributed by atoms with Gasteiger partial charge in [-0.15, -0.1) is 5.10 Å². The van der Waals surface area contributed by atoms with Crippen LogP contribution >= 0.6 is 15.9 Å². The van der Waals surface area contributed by atoms with Gasteiger partial charge in [0.05, 0.1) is 5.69 Å². The molecule has 0 saturated heterocycles. The fraction of sp³-hybridized carbons (Fsp3) is 0.800. The van der Waals surface area contributed by atoms with Crippen LogP contribution in [0.2, 0.25) is 0 Å². The van der Waals surface area contributed by atoms with E-state index in [0.717, 1.165) is 17.4 Å². The van der Waals surface area contributed by atoms with Crippen molar-refractivity contribution in [2.24, 2.45) is 12.5 Å². The minimum atomic E-state index is 0.343. The summed E-state index contributed by atoms with van der Waals surface area (Å²) in [7, 11) is 1.91. The second-order valence-corrected chi connectivity index (χ2v) is 4.46. The predicted molar refractivity (Wildman–Crippen MR) is 61.5 cm³/mol. The Morgan fingerprint density at radius 3 is 2.43 bits per heavy atom. The molecular formula is C10H18BrN3. The fourth-order valence-electron chi connectivity index (χ4n) is 1.60. The highest BCUT2D eigenvalue weighted by Crippen LogP contribution is 2.32. The van der Waals surface area contributed by atoms with E-state index in [1.807, 2.05) is 13.2 Å². The zero-order valence-electron chi connectivity index (χ0n) is 9.13. The minimum absolute atomic E-state index is 0.343. The molecule has 0 N–H and O–H groups in total. The van der Waals surface area contributed by atoms with Crippen molar-refractivity contribution >= 4 is 15.9 Å². The van der Waals surface area contributed by atoms with Crippen molar-refractivity contribution in [2.45, 2.75) is 33.1 Å². The van der Waals surface area contributed by atoms with Crippen molar-refractivity contribution in [3.63, 3.8) is 0 Å². The van der Waals surface area contributed by atoms with E-state index in [2.05, 4.69) is 40.1 Å². The number of hydrogen-bond donors (Lipinski definition) is 0. The second-order valence-electron chi connectivity index (χ2n) is 3.90. The first-order valence-corrected chi connectivity index (χ1v) is 6.19. The van der Waals surface area contributed by atoms with Gasteiger partial charge >= 0.3 is 0 Å². The van der Waals surface area contributed by atoms with E-state index in [4.69, 9.17) is 0 Å². The molecule has 0 aliphatic carbocycles. The number of aryl methyl sites for hydroxylation is 1. The van der Waals surface area contributed by atoms with Crippen LogP contribution in [0.4, 0.5) is 0 Å². The summed E-state index contributed by atoms with van der Waals surface area (Å²) in [5, 5.41) is 9.12. The Balaban J connectivity index is 2.73. The average Bonchev–Trinajstić information content (AvgIpc) is 2.61. The van der Waals surface area contributed by atoms with Gasteiger partial charge in [0.25, 0.3) is 0 Å². The molecule has 0 aliphatic heterocycles.